The summed E-state index contributed by atoms with van der Waals surface area (Å²) in [6, 6.07) is 8.11. The smallest absolute Gasteiger partial charge is 0.410 e. The number of carbonyl (C=O) groups excluding carboxylic acids is 1. The molecule has 1 unspecified atom stereocenters. The van der Waals surface area contributed by atoms with Crippen molar-refractivity contribution in [3.8, 4) is 0 Å². The third kappa shape index (κ3) is 11.0. The Balaban J connectivity index is 0.000000493. The molecule has 0 N–H and O–H groups in total. The number of benzene rings is 1. The van der Waals surface area contributed by atoms with Gasteiger partial charge in [0.2, 0.25) is 0 Å². The minimum absolute atomic E-state index is 0.0924. The molecule has 6 heteroatoms. The maximum Gasteiger partial charge on any atom is 0.410 e. The maximum absolute atomic E-state index is 12.6. The van der Waals surface area contributed by atoms with E-state index in [-0.39, 0.29) is 12.1 Å². The molecule has 41 heavy (non-hydrogen) atoms. The van der Waals surface area contributed by atoms with Crippen LogP contribution < -0.4 is 0 Å². The summed E-state index contributed by atoms with van der Waals surface area (Å²) in [6.45, 7) is 20.9. The first kappa shape index (κ1) is 34.7. The lowest BCUT2D eigenvalue weighted by atomic mass is 9.75. The summed E-state index contributed by atoms with van der Waals surface area (Å²) >= 11 is 5.78. The molecule has 1 saturated heterocycles. The molecule has 1 heterocycles. The topological polar surface area (TPSA) is 45.1 Å². The van der Waals surface area contributed by atoms with Gasteiger partial charge in [0.05, 0.1) is 0 Å². The van der Waals surface area contributed by atoms with Crippen LogP contribution in [0, 0.1) is 5.92 Å². The van der Waals surface area contributed by atoms with Gasteiger partial charge in [0, 0.05) is 53.9 Å². The number of amides is 1. The van der Waals surface area contributed by atoms with Crippen molar-refractivity contribution in [1.82, 2.24) is 9.80 Å². The van der Waals surface area contributed by atoms with E-state index < -0.39 is 5.60 Å². The van der Waals surface area contributed by atoms with E-state index in [1.807, 2.05) is 50.1 Å². The summed E-state index contributed by atoms with van der Waals surface area (Å²) in [5.74, 6) is 0.635. The van der Waals surface area contributed by atoms with Gasteiger partial charge in [0.1, 0.15) is 5.60 Å². The summed E-state index contributed by atoms with van der Waals surface area (Å²) in [4.78, 5) is 21.7. The number of aryl methyl sites for hydroxylation is 1. The first-order chi connectivity index (χ1) is 19.4. The molecule has 1 saturated carbocycles. The molecule has 3 rings (SSSR count). The maximum atomic E-state index is 12.6. The zero-order valence-corrected chi connectivity index (χ0v) is 27.9. The molecule has 2 fully saturated rings. The molecule has 0 radical (unpaired) electrons. The second-order valence-electron chi connectivity index (χ2n) is 12.2. The van der Waals surface area contributed by atoms with Crippen LogP contribution in [-0.2, 0) is 11.2 Å². The van der Waals surface area contributed by atoms with Crippen molar-refractivity contribution < 1.29 is 9.53 Å². The molecule has 0 spiro atoms. The second kappa shape index (κ2) is 16.8. The van der Waals surface area contributed by atoms with Crippen LogP contribution in [0.1, 0.15) is 100.0 Å². The van der Waals surface area contributed by atoms with Crippen molar-refractivity contribution in [2.45, 2.75) is 112 Å². The van der Waals surface area contributed by atoms with Crippen LogP contribution >= 0.6 is 11.6 Å². The van der Waals surface area contributed by atoms with Crippen molar-refractivity contribution >= 4 is 23.4 Å². The van der Waals surface area contributed by atoms with Gasteiger partial charge in [-0.2, -0.15) is 0 Å². The number of piperazine rings is 1. The van der Waals surface area contributed by atoms with Crippen molar-refractivity contribution in [1.29, 1.82) is 0 Å². The summed E-state index contributed by atoms with van der Waals surface area (Å²) in [5, 5.41) is 0.839. The Morgan fingerprint density at radius 1 is 1.17 bits per heavy atom. The van der Waals surface area contributed by atoms with Crippen molar-refractivity contribution in [3.05, 3.63) is 70.0 Å². The Labute approximate surface area is 255 Å². The van der Waals surface area contributed by atoms with Crippen LogP contribution in [0.2, 0.25) is 5.02 Å². The molecular weight excluding hydrogens is 530 g/mol. The van der Waals surface area contributed by atoms with Crippen LogP contribution in [-0.4, -0.2) is 52.9 Å². The van der Waals surface area contributed by atoms with Gasteiger partial charge in [0.25, 0.3) is 0 Å². The number of ether oxygens (including phenoxy) is 1. The van der Waals surface area contributed by atoms with Gasteiger partial charge in [-0.1, -0.05) is 62.6 Å². The highest BCUT2D eigenvalue weighted by molar-refractivity contribution is 6.30. The third-order valence-corrected chi connectivity index (χ3v) is 7.87. The third-order valence-electron chi connectivity index (χ3n) is 7.64. The van der Waals surface area contributed by atoms with E-state index in [4.69, 9.17) is 21.3 Å². The van der Waals surface area contributed by atoms with Crippen molar-refractivity contribution in [3.63, 3.8) is 0 Å². The van der Waals surface area contributed by atoms with E-state index >= 15 is 0 Å². The van der Waals surface area contributed by atoms with Crippen molar-refractivity contribution in [2.75, 3.05) is 19.6 Å². The molecule has 1 aromatic carbocycles. The van der Waals surface area contributed by atoms with Crippen LogP contribution in [0.5, 0.6) is 0 Å². The minimum Gasteiger partial charge on any atom is -0.444 e. The SMILES string of the molecule is CCCc1cccc(Cl)c1.C\C=C(C(/C(C)=N/C=C/CC)=C(/C)N1CCN(C(=O)OC(C)(C)C)C(C)C1)\C1CCC1. The van der Waals surface area contributed by atoms with Gasteiger partial charge in [-0.15, -0.1) is 0 Å². The zero-order chi connectivity index (χ0) is 30.6. The Hall–Kier alpha value is -2.53. The molecule has 5 nitrogen and oxygen atoms in total. The fraction of sp³-hybridized carbons (Fsp3) is 0.600. The van der Waals surface area contributed by atoms with E-state index in [0.29, 0.717) is 12.5 Å². The second-order valence-corrected chi connectivity index (χ2v) is 12.6. The molecule has 1 aliphatic heterocycles. The van der Waals surface area contributed by atoms with Crippen molar-refractivity contribution in [2.24, 2.45) is 10.9 Å². The number of nitrogens with zero attached hydrogens (tertiary/aromatic N) is 3. The van der Waals surface area contributed by atoms with E-state index in [9.17, 15) is 4.79 Å². The monoisotopic (exact) mass is 583 g/mol. The average Bonchev–Trinajstić information content (AvgIpc) is 2.86. The fourth-order valence-corrected chi connectivity index (χ4v) is 5.52. The first-order valence-electron chi connectivity index (χ1n) is 15.5. The largest absolute Gasteiger partial charge is 0.444 e. The molecule has 1 amide bonds. The number of hydrogen-bond donors (Lipinski definition) is 0. The van der Waals surface area contributed by atoms with Gasteiger partial charge in [0.15, 0.2) is 0 Å². The summed E-state index contributed by atoms with van der Waals surface area (Å²) in [7, 11) is 0. The summed E-state index contributed by atoms with van der Waals surface area (Å²) in [5.41, 5.74) is 5.91. The number of allylic oxidation sites excluding steroid dienone is 5. The lowest BCUT2D eigenvalue weighted by Gasteiger charge is -2.42. The lowest BCUT2D eigenvalue weighted by molar-refractivity contribution is 0.00493. The molecule has 0 aromatic heterocycles. The standard InChI is InChI=1S/C26H43N3O2.C9H11Cl/c1-9-11-15-27-20(4)24(23(10-2)22-13-12-14-22)21(5)28-16-17-29(19(3)18-28)25(30)31-26(6,7)8;1-2-4-8-5-3-6-9(10)7-8/h10-11,15,19,22H,9,12-14,16-18H2,1-8H3;3,5-7H,2,4H2,1H3/b15-11+,23-10-,24-21-,27-20+;. The quantitative estimate of drug-likeness (QED) is 0.226. The van der Waals surface area contributed by atoms with Gasteiger partial charge in [-0.25, -0.2) is 4.79 Å². The van der Waals surface area contributed by atoms with Gasteiger partial charge < -0.3 is 14.5 Å². The normalized spacial score (nSPS) is 19.4. The number of rotatable bonds is 8. The predicted octanol–water partition coefficient (Wildman–Crippen LogP) is 9.63. The Bertz CT molecular complexity index is 1110. The predicted molar refractivity (Wildman–Crippen MR) is 176 cm³/mol. The molecule has 2 aliphatic rings. The molecule has 1 aromatic rings. The van der Waals surface area contributed by atoms with Gasteiger partial charge in [-0.3, -0.25) is 4.99 Å². The van der Waals surface area contributed by atoms with E-state index in [1.165, 1.54) is 48.1 Å². The van der Waals surface area contributed by atoms with Gasteiger partial charge >= 0.3 is 6.09 Å². The summed E-state index contributed by atoms with van der Waals surface area (Å²) < 4.78 is 5.61. The average molecular weight is 584 g/mol. The lowest BCUT2D eigenvalue weighted by Crippen LogP contribution is -2.54. The minimum atomic E-state index is -0.472. The highest BCUT2D eigenvalue weighted by Gasteiger charge is 2.33. The summed E-state index contributed by atoms with van der Waals surface area (Å²) in [6.07, 6.45) is 13.2. The number of halogens is 1. The van der Waals surface area contributed by atoms with Crippen LogP contribution in [0.25, 0.3) is 0 Å². The van der Waals surface area contributed by atoms with E-state index in [1.54, 1.807) is 0 Å². The Morgan fingerprint density at radius 3 is 2.39 bits per heavy atom. The molecule has 1 aliphatic carbocycles. The van der Waals surface area contributed by atoms with Crippen LogP contribution in [0.15, 0.2) is 64.5 Å². The van der Waals surface area contributed by atoms with Gasteiger partial charge in [-0.05, 0) is 103 Å². The van der Waals surface area contributed by atoms with E-state index in [2.05, 4.69) is 64.7 Å². The Kier molecular flexibility index (Phi) is 14.2. The van der Waals surface area contributed by atoms with Crippen LogP contribution in [0.4, 0.5) is 4.79 Å². The fourth-order valence-electron chi connectivity index (χ4n) is 5.31. The molecular formula is C35H54ClN3O2. The number of carbonyl (C=O) groups is 1. The number of aliphatic imine (C=N–C) groups is 1. The van der Waals surface area contributed by atoms with Crippen LogP contribution in [0.3, 0.4) is 0 Å². The number of hydrogen-bond acceptors (Lipinski definition) is 4. The highest BCUT2D eigenvalue weighted by atomic mass is 35.5. The van der Waals surface area contributed by atoms with E-state index in [0.717, 1.165) is 36.7 Å². The molecule has 1 atom stereocenters. The molecule has 228 valence electrons. The zero-order valence-electron chi connectivity index (χ0n) is 27.1. The molecule has 0 bridgehead atoms. The Morgan fingerprint density at radius 2 is 1.88 bits per heavy atom. The first-order valence-corrected chi connectivity index (χ1v) is 15.9. The highest BCUT2D eigenvalue weighted by Crippen LogP contribution is 2.39.